The second-order valence-electron chi connectivity index (χ2n) is 5.88. The van der Waals surface area contributed by atoms with Crippen molar-refractivity contribution in [2.75, 3.05) is 0 Å². The second kappa shape index (κ2) is 7.18. The number of aliphatic imine (C=N–C) groups is 1. The summed E-state index contributed by atoms with van der Waals surface area (Å²) in [6.45, 7) is 3.89. The highest BCUT2D eigenvalue weighted by atomic mass is 16.6. The number of hydrogen-bond acceptors (Lipinski definition) is 6. The molecule has 0 N–H and O–H groups in total. The molecule has 7 heteroatoms. The number of carbonyl (C=O) groups excluding carboxylic acids is 1. The summed E-state index contributed by atoms with van der Waals surface area (Å²) in [5, 5.41) is 10.7. The summed E-state index contributed by atoms with van der Waals surface area (Å²) in [6, 6.07) is 12.9. The predicted molar refractivity (Wildman–Crippen MR) is 95.9 cm³/mol. The molecule has 1 aliphatic rings. The minimum atomic E-state index is -0.569. The Kier molecular flexibility index (Phi) is 4.79. The van der Waals surface area contributed by atoms with Gasteiger partial charge in [-0.3, -0.25) is 10.1 Å². The number of ether oxygens (including phenoxy) is 2. The summed E-state index contributed by atoms with van der Waals surface area (Å²) in [5.41, 5.74) is 1.39. The van der Waals surface area contributed by atoms with Gasteiger partial charge in [-0.25, -0.2) is 9.79 Å². The van der Waals surface area contributed by atoms with Crippen molar-refractivity contribution in [1.82, 2.24) is 0 Å². The number of cyclic esters (lactones) is 1. The van der Waals surface area contributed by atoms with Crippen LogP contribution >= 0.6 is 0 Å². The summed E-state index contributed by atoms with van der Waals surface area (Å²) in [5.74, 6) is 0.294. The summed E-state index contributed by atoms with van der Waals surface area (Å²) < 4.78 is 10.7. The Labute approximate surface area is 149 Å². The zero-order chi connectivity index (χ0) is 18.7. The molecule has 0 atom stereocenters. The molecule has 7 nitrogen and oxygen atoms in total. The van der Waals surface area contributed by atoms with Gasteiger partial charge >= 0.3 is 5.97 Å². The maximum atomic E-state index is 12.0. The van der Waals surface area contributed by atoms with E-state index in [1.54, 1.807) is 6.08 Å². The number of non-ortho nitro benzene ring substituents is 1. The van der Waals surface area contributed by atoms with Crippen LogP contribution in [0.3, 0.4) is 0 Å². The average Bonchev–Trinajstić information content (AvgIpc) is 2.97. The van der Waals surface area contributed by atoms with Crippen LogP contribution in [-0.4, -0.2) is 22.9 Å². The van der Waals surface area contributed by atoms with Crippen molar-refractivity contribution < 1.29 is 19.2 Å². The zero-order valence-corrected chi connectivity index (χ0v) is 14.2. The molecule has 0 spiro atoms. The molecule has 0 fully saturated rings. The lowest BCUT2D eigenvalue weighted by Gasteiger charge is -2.09. The lowest BCUT2D eigenvalue weighted by atomic mass is 10.2. The first-order valence-corrected chi connectivity index (χ1v) is 7.96. The van der Waals surface area contributed by atoms with E-state index in [-0.39, 0.29) is 23.4 Å². The molecule has 0 aromatic heterocycles. The highest BCUT2D eigenvalue weighted by molar-refractivity contribution is 6.12. The first kappa shape index (κ1) is 17.3. The Morgan fingerprint density at radius 2 is 1.77 bits per heavy atom. The van der Waals surface area contributed by atoms with Crippen LogP contribution < -0.4 is 4.74 Å². The van der Waals surface area contributed by atoms with Crippen molar-refractivity contribution in [3.05, 3.63) is 75.5 Å². The lowest BCUT2D eigenvalue weighted by molar-refractivity contribution is -0.384. The van der Waals surface area contributed by atoms with E-state index in [1.807, 2.05) is 38.1 Å². The van der Waals surface area contributed by atoms with Gasteiger partial charge in [0.2, 0.25) is 5.90 Å². The topological polar surface area (TPSA) is 91.0 Å². The van der Waals surface area contributed by atoms with Gasteiger partial charge in [0.15, 0.2) is 5.70 Å². The maximum absolute atomic E-state index is 12.0. The van der Waals surface area contributed by atoms with Crippen LogP contribution in [0.15, 0.2) is 59.2 Å². The summed E-state index contributed by atoms with van der Waals surface area (Å²) in [6.07, 6.45) is 1.69. The number of rotatable bonds is 5. The zero-order valence-electron chi connectivity index (χ0n) is 14.2. The van der Waals surface area contributed by atoms with E-state index in [2.05, 4.69) is 4.99 Å². The Bertz CT molecular complexity index is 897. The van der Waals surface area contributed by atoms with Crippen molar-refractivity contribution in [2.24, 2.45) is 4.99 Å². The molecule has 2 aromatic carbocycles. The number of nitro benzene ring substituents is 1. The van der Waals surface area contributed by atoms with Crippen LogP contribution in [-0.2, 0) is 9.53 Å². The first-order valence-electron chi connectivity index (χ1n) is 7.96. The molecule has 26 heavy (non-hydrogen) atoms. The molecule has 1 aliphatic heterocycles. The molecule has 132 valence electrons. The van der Waals surface area contributed by atoms with Gasteiger partial charge in [0.05, 0.1) is 11.0 Å². The van der Waals surface area contributed by atoms with E-state index < -0.39 is 10.9 Å². The first-order chi connectivity index (χ1) is 12.4. The van der Waals surface area contributed by atoms with Gasteiger partial charge in [0.1, 0.15) is 5.75 Å². The Balaban J connectivity index is 1.80. The van der Waals surface area contributed by atoms with Gasteiger partial charge in [-0.2, -0.15) is 0 Å². The van der Waals surface area contributed by atoms with Gasteiger partial charge in [-0.15, -0.1) is 0 Å². The van der Waals surface area contributed by atoms with E-state index >= 15 is 0 Å². The van der Waals surface area contributed by atoms with Crippen LogP contribution in [0.1, 0.15) is 25.0 Å². The highest BCUT2D eigenvalue weighted by Gasteiger charge is 2.24. The molecule has 0 saturated carbocycles. The van der Waals surface area contributed by atoms with Crippen LogP contribution in [0.2, 0.25) is 0 Å². The van der Waals surface area contributed by atoms with E-state index in [9.17, 15) is 14.9 Å². The molecule has 0 aliphatic carbocycles. The Hall–Kier alpha value is -3.48. The van der Waals surface area contributed by atoms with E-state index in [4.69, 9.17) is 9.47 Å². The fourth-order valence-corrected chi connectivity index (χ4v) is 2.33. The summed E-state index contributed by atoms with van der Waals surface area (Å²) in [7, 11) is 0. The summed E-state index contributed by atoms with van der Waals surface area (Å²) >= 11 is 0. The average molecular weight is 352 g/mol. The lowest BCUT2D eigenvalue weighted by Crippen LogP contribution is -2.05. The van der Waals surface area contributed by atoms with Crippen LogP contribution in [0.5, 0.6) is 5.75 Å². The van der Waals surface area contributed by atoms with E-state index in [1.165, 1.54) is 24.3 Å². The van der Waals surface area contributed by atoms with Crippen molar-refractivity contribution in [2.45, 2.75) is 20.0 Å². The largest absolute Gasteiger partial charge is 0.491 e. The number of hydrogen-bond donors (Lipinski definition) is 0. The number of benzene rings is 2. The third kappa shape index (κ3) is 3.94. The molecule has 3 rings (SSSR count). The molecule has 2 aromatic rings. The van der Waals surface area contributed by atoms with E-state index in [0.29, 0.717) is 5.56 Å². The molecule has 0 unspecified atom stereocenters. The maximum Gasteiger partial charge on any atom is 0.363 e. The van der Waals surface area contributed by atoms with Gasteiger partial charge in [-0.05, 0) is 49.8 Å². The van der Waals surface area contributed by atoms with Crippen LogP contribution in [0.25, 0.3) is 6.08 Å². The fraction of sp³-hybridized carbons (Fsp3) is 0.158. The fourth-order valence-electron chi connectivity index (χ4n) is 2.33. The molecule has 0 radical (unpaired) electrons. The summed E-state index contributed by atoms with van der Waals surface area (Å²) in [4.78, 5) is 26.4. The molecule has 0 amide bonds. The second-order valence-corrected chi connectivity index (χ2v) is 5.88. The van der Waals surface area contributed by atoms with Crippen molar-refractivity contribution >= 4 is 23.6 Å². The Morgan fingerprint density at radius 3 is 2.35 bits per heavy atom. The quantitative estimate of drug-likeness (QED) is 0.354. The standard InChI is InChI=1S/C19H16N2O5/c1-12(2)25-16-9-3-13(4-10-16)11-17-19(22)26-18(20-17)14-5-7-15(8-6-14)21(23)24/h3-12H,1-2H3/b17-11-. The SMILES string of the molecule is CC(C)Oc1ccc(/C=C2\N=C(c3ccc([N+](=O)[O-])cc3)OC2=O)cc1. The number of carbonyl (C=O) groups is 1. The van der Waals surface area contributed by atoms with Gasteiger partial charge in [0, 0.05) is 17.7 Å². The highest BCUT2D eigenvalue weighted by Crippen LogP contribution is 2.22. The Morgan fingerprint density at radius 1 is 1.12 bits per heavy atom. The molecular formula is C19H16N2O5. The van der Waals surface area contributed by atoms with Crippen LogP contribution in [0.4, 0.5) is 5.69 Å². The minimum absolute atomic E-state index is 0.0434. The molecule has 1 heterocycles. The van der Waals surface area contributed by atoms with Crippen molar-refractivity contribution in [1.29, 1.82) is 0 Å². The third-order valence-corrected chi connectivity index (χ3v) is 3.50. The van der Waals surface area contributed by atoms with Gasteiger partial charge in [-0.1, -0.05) is 12.1 Å². The van der Waals surface area contributed by atoms with Crippen LogP contribution in [0, 0.1) is 10.1 Å². The van der Waals surface area contributed by atoms with Gasteiger partial charge < -0.3 is 9.47 Å². The molecular weight excluding hydrogens is 336 g/mol. The normalized spacial score (nSPS) is 15.1. The third-order valence-electron chi connectivity index (χ3n) is 3.50. The number of esters is 1. The predicted octanol–water partition coefficient (Wildman–Crippen LogP) is 3.73. The number of nitrogens with zero attached hydrogens (tertiary/aromatic N) is 2. The monoisotopic (exact) mass is 352 g/mol. The van der Waals surface area contributed by atoms with Crippen molar-refractivity contribution in [3.8, 4) is 5.75 Å². The molecule has 0 bridgehead atoms. The van der Waals surface area contributed by atoms with Crippen molar-refractivity contribution in [3.63, 3.8) is 0 Å². The minimum Gasteiger partial charge on any atom is -0.491 e. The smallest absolute Gasteiger partial charge is 0.363 e. The van der Waals surface area contributed by atoms with Gasteiger partial charge in [0.25, 0.3) is 5.69 Å². The molecule has 0 saturated heterocycles. The van der Waals surface area contributed by atoms with E-state index in [0.717, 1.165) is 11.3 Å². The number of nitro groups is 1.